The lowest BCUT2D eigenvalue weighted by Crippen LogP contribution is -2.45. The van der Waals surface area contributed by atoms with E-state index in [4.69, 9.17) is 4.74 Å². The lowest BCUT2D eigenvalue weighted by atomic mass is 10.00. The number of morpholine rings is 1. The van der Waals surface area contributed by atoms with E-state index in [-0.39, 0.29) is 6.04 Å². The van der Waals surface area contributed by atoms with Gasteiger partial charge in [-0.2, -0.15) is 5.10 Å². The van der Waals surface area contributed by atoms with E-state index in [1.807, 2.05) is 42.1 Å². The lowest BCUT2D eigenvalue weighted by molar-refractivity contribution is -0.0301. The second kappa shape index (κ2) is 7.47. The molecule has 2 unspecified atom stereocenters. The number of rotatable bonds is 5. The van der Waals surface area contributed by atoms with E-state index in [9.17, 15) is 5.11 Å². The van der Waals surface area contributed by atoms with Gasteiger partial charge in [0.1, 0.15) is 0 Å². The summed E-state index contributed by atoms with van der Waals surface area (Å²) in [7, 11) is 1.99. The Labute approximate surface area is 143 Å². The van der Waals surface area contributed by atoms with Crippen LogP contribution in [-0.4, -0.2) is 45.6 Å². The third-order valence-electron chi connectivity index (χ3n) is 5.05. The van der Waals surface area contributed by atoms with Crippen molar-refractivity contribution in [2.75, 3.05) is 19.8 Å². The summed E-state index contributed by atoms with van der Waals surface area (Å²) in [5.74, 6) is 0. The zero-order valence-electron chi connectivity index (χ0n) is 14.8. The molecule has 0 aliphatic carbocycles. The van der Waals surface area contributed by atoms with Gasteiger partial charge in [0, 0.05) is 37.4 Å². The normalized spacial score (nSPS) is 20.2. The molecule has 24 heavy (non-hydrogen) atoms. The second-order valence-corrected chi connectivity index (χ2v) is 6.63. The van der Waals surface area contributed by atoms with Gasteiger partial charge in [0.15, 0.2) is 0 Å². The van der Waals surface area contributed by atoms with Gasteiger partial charge in [0.2, 0.25) is 0 Å². The Morgan fingerprint density at radius 2 is 2.04 bits per heavy atom. The summed E-state index contributed by atoms with van der Waals surface area (Å²) in [4.78, 5) is 2.42. The Bertz CT molecular complexity index is 669. The Kier molecular flexibility index (Phi) is 5.33. The maximum Gasteiger partial charge on any atom is 0.0805 e. The molecule has 1 fully saturated rings. The van der Waals surface area contributed by atoms with E-state index in [0.717, 1.165) is 31.0 Å². The number of aliphatic hydroxyl groups excluding tert-OH is 1. The summed E-state index contributed by atoms with van der Waals surface area (Å²) < 4.78 is 7.62. The van der Waals surface area contributed by atoms with Crippen LogP contribution in [-0.2, 0) is 18.3 Å². The lowest BCUT2D eigenvalue weighted by Gasteiger charge is -2.36. The molecule has 1 aromatic carbocycles. The Morgan fingerprint density at radius 3 is 2.71 bits per heavy atom. The van der Waals surface area contributed by atoms with Gasteiger partial charge in [-0.1, -0.05) is 30.3 Å². The van der Waals surface area contributed by atoms with E-state index >= 15 is 0 Å². The van der Waals surface area contributed by atoms with Crippen LogP contribution in [0.1, 0.15) is 35.0 Å². The summed E-state index contributed by atoms with van der Waals surface area (Å²) in [5, 5.41) is 15.1. The third-order valence-corrected chi connectivity index (χ3v) is 5.05. The van der Waals surface area contributed by atoms with Crippen molar-refractivity contribution in [1.29, 1.82) is 0 Å². The minimum atomic E-state index is -0.462. The first-order valence-electron chi connectivity index (χ1n) is 8.60. The van der Waals surface area contributed by atoms with Crippen molar-refractivity contribution in [2.24, 2.45) is 7.05 Å². The van der Waals surface area contributed by atoms with Crippen molar-refractivity contribution in [3.63, 3.8) is 0 Å². The van der Waals surface area contributed by atoms with Crippen LogP contribution in [0.2, 0.25) is 0 Å². The fraction of sp³-hybridized carbons (Fsp3) is 0.526. The highest BCUT2D eigenvalue weighted by Gasteiger charge is 2.27. The number of hydrogen-bond donors (Lipinski definition) is 1. The molecule has 130 valence electrons. The smallest absolute Gasteiger partial charge is 0.0805 e. The quantitative estimate of drug-likeness (QED) is 0.915. The fourth-order valence-electron chi connectivity index (χ4n) is 3.43. The van der Waals surface area contributed by atoms with Gasteiger partial charge in [-0.05, 0) is 25.8 Å². The van der Waals surface area contributed by atoms with Crippen LogP contribution in [0.4, 0.5) is 0 Å². The van der Waals surface area contributed by atoms with Crippen LogP contribution in [0.25, 0.3) is 0 Å². The molecule has 1 aromatic heterocycles. The highest BCUT2D eigenvalue weighted by atomic mass is 16.5. The summed E-state index contributed by atoms with van der Waals surface area (Å²) in [6, 6.07) is 10.1. The molecule has 1 aliphatic rings. The molecule has 1 N–H and O–H groups in total. The minimum absolute atomic E-state index is 0.216. The van der Waals surface area contributed by atoms with Gasteiger partial charge in [0.05, 0.1) is 25.0 Å². The summed E-state index contributed by atoms with van der Waals surface area (Å²) in [6.07, 6.45) is 0.221. The Hall–Kier alpha value is -1.69. The molecule has 0 spiro atoms. The predicted octanol–water partition coefficient (Wildman–Crippen LogP) is 2.36. The van der Waals surface area contributed by atoms with E-state index in [0.29, 0.717) is 13.0 Å². The molecule has 0 amide bonds. The number of aromatic nitrogens is 2. The van der Waals surface area contributed by atoms with Crippen LogP contribution in [0.15, 0.2) is 30.3 Å². The van der Waals surface area contributed by atoms with E-state index < -0.39 is 6.10 Å². The Morgan fingerprint density at radius 1 is 1.29 bits per heavy atom. The molecule has 1 saturated heterocycles. The van der Waals surface area contributed by atoms with Gasteiger partial charge in [-0.15, -0.1) is 0 Å². The van der Waals surface area contributed by atoms with Crippen molar-refractivity contribution in [3.8, 4) is 0 Å². The van der Waals surface area contributed by atoms with Gasteiger partial charge in [0.25, 0.3) is 0 Å². The Balaban J connectivity index is 1.71. The molecule has 0 bridgehead atoms. The summed E-state index contributed by atoms with van der Waals surface area (Å²) >= 11 is 0. The number of nitrogens with zero attached hydrogens (tertiary/aromatic N) is 3. The van der Waals surface area contributed by atoms with Crippen molar-refractivity contribution >= 4 is 0 Å². The highest BCUT2D eigenvalue weighted by Crippen LogP contribution is 2.25. The number of aryl methyl sites for hydroxylation is 2. The highest BCUT2D eigenvalue weighted by molar-refractivity contribution is 5.24. The molecular formula is C19H27N3O2. The zero-order chi connectivity index (χ0) is 17.1. The van der Waals surface area contributed by atoms with E-state index in [1.54, 1.807) is 0 Å². The average Bonchev–Trinajstić information content (AvgIpc) is 2.83. The van der Waals surface area contributed by atoms with Crippen LogP contribution in [0.3, 0.4) is 0 Å². The number of hydrogen-bond acceptors (Lipinski definition) is 4. The SMILES string of the molecule is Cc1nn(C)c(C)c1CN1CCOCC1CC(O)c1ccccc1. The number of benzene rings is 1. The maximum atomic E-state index is 10.6. The summed E-state index contributed by atoms with van der Waals surface area (Å²) in [5.41, 5.74) is 4.56. The standard InChI is InChI=1S/C19H27N3O2/c1-14-18(15(2)21(3)20-14)12-22-9-10-24-13-17(22)11-19(23)16-7-5-4-6-8-16/h4-8,17,19,23H,9-13H2,1-3H3. The van der Waals surface area contributed by atoms with Gasteiger partial charge in [-0.3, -0.25) is 9.58 Å². The van der Waals surface area contributed by atoms with Crippen molar-refractivity contribution in [3.05, 3.63) is 52.8 Å². The molecule has 0 saturated carbocycles. The number of ether oxygens (including phenoxy) is 1. The predicted molar refractivity (Wildman–Crippen MR) is 93.7 cm³/mol. The molecule has 5 heteroatoms. The van der Waals surface area contributed by atoms with Crippen molar-refractivity contribution < 1.29 is 9.84 Å². The second-order valence-electron chi connectivity index (χ2n) is 6.63. The van der Waals surface area contributed by atoms with Crippen LogP contribution < -0.4 is 0 Å². The minimum Gasteiger partial charge on any atom is -0.388 e. The van der Waals surface area contributed by atoms with Gasteiger partial charge < -0.3 is 9.84 Å². The maximum absolute atomic E-state index is 10.6. The van der Waals surface area contributed by atoms with Crippen LogP contribution in [0, 0.1) is 13.8 Å². The van der Waals surface area contributed by atoms with Crippen LogP contribution >= 0.6 is 0 Å². The molecule has 3 rings (SSSR count). The van der Waals surface area contributed by atoms with Gasteiger partial charge >= 0.3 is 0 Å². The first-order valence-corrected chi connectivity index (χ1v) is 8.60. The van der Waals surface area contributed by atoms with Gasteiger partial charge in [-0.25, -0.2) is 0 Å². The molecule has 2 heterocycles. The molecule has 2 aromatic rings. The first kappa shape index (κ1) is 17.1. The fourth-order valence-corrected chi connectivity index (χ4v) is 3.43. The average molecular weight is 329 g/mol. The number of aliphatic hydroxyl groups is 1. The zero-order valence-corrected chi connectivity index (χ0v) is 14.8. The van der Waals surface area contributed by atoms with Crippen molar-refractivity contribution in [2.45, 2.75) is 39.0 Å². The molecule has 5 nitrogen and oxygen atoms in total. The van der Waals surface area contributed by atoms with Crippen LogP contribution in [0.5, 0.6) is 0 Å². The first-order chi connectivity index (χ1) is 11.6. The van der Waals surface area contributed by atoms with Crippen molar-refractivity contribution in [1.82, 2.24) is 14.7 Å². The monoisotopic (exact) mass is 329 g/mol. The summed E-state index contributed by atoms with van der Waals surface area (Å²) in [6.45, 7) is 7.35. The van der Waals surface area contributed by atoms with E-state index in [1.165, 1.54) is 11.3 Å². The molecule has 0 radical (unpaired) electrons. The largest absolute Gasteiger partial charge is 0.388 e. The third kappa shape index (κ3) is 3.69. The molecule has 1 aliphatic heterocycles. The van der Waals surface area contributed by atoms with E-state index in [2.05, 4.69) is 23.8 Å². The topological polar surface area (TPSA) is 50.5 Å². The molecule has 2 atom stereocenters. The molecular weight excluding hydrogens is 302 g/mol.